The number of aliphatic carboxylic acids is 3. The number of benzene rings is 1. The third-order valence-electron chi connectivity index (χ3n) is 5.54. The normalized spacial score (nSPS) is 14.1. The number of para-hydroxylation sites is 1. The van der Waals surface area contributed by atoms with E-state index in [1.54, 1.807) is 30.5 Å². The van der Waals surface area contributed by atoms with Crippen LogP contribution >= 0.6 is 0 Å². The second-order valence-electron chi connectivity index (χ2n) is 8.40. The Hall–Kier alpha value is -4.50. The van der Waals surface area contributed by atoms with Gasteiger partial charge in [0.25, 0.3) is 0 Å². The van der Waals surface area contributed by atoms with Crippen LogP contribution in [0.2, 0.25) is 0 Å². The van der Waals surface area contributed by atoms with Crippen molar-refractivity contribution in [3.05, 3.63) is 36.0 Å². The van der Waals surface area contributed by atoms with E-state index in [9.17, 15) is 33.9 Å². The molecule has 0 aliphatic carbocycles. The maximum atomic E-state index is 13.0. The fourth-order valence-electron chi connectivity index (χ4n) is 3.55. The summed E-state index contributed by atoms with van der Waals surface area (Å²) in [6.07, 6.45) is -0.518. The van der Waals surface area contributed by atoms with E-state index in [0.717, 1.165) is 10.9 Å². The number of rotatable bonds is 15. The highest BCUT2D eigenvalue weighted by Crippen LogP contribution is 2.19. The number of aromatic nitrogens is 1. The van der Waals surface area contributed by atoms with Crippen molar-refractivity contribution in [1.82, 2.24) is 20.9 Å². The molecule has 3 amide bonds. The molecule has 0 saturated carbocycles. The van der Waals surface area contributed by atoms with E-state index < -0.39 is 85.7 Å². The van der Waals surface area contributed by atoms with E-state index in [-0.39, 0.29) is 6.42 Å². The number of carbonyl (C=O) groups is 6. The zero-order chi connectivity index (χ0) is 28.4. The first-order valence-electron chi connectivity index (χ1n) is 11.4. The highest BCUT2D eigenvalue weighted by molar-refractivity contribution is 5.96. The number of aromatic amines is 1. The molecule has 0 bridgehead atoms. The highest BCUT2D eigenvalue weighted by atomic mass is 16.4. The van der Waals surface area contributed by atoms with Gasteiger partial charge in [0.2, 0.25) is 17.7 Å². The Morgan fingerprint density at radius 2 is 1.45 bits per heavy atom. The number of hydrogen-bond donors (Lipinski definition) is 9. The van der Waals surface area contributed by atoms with Crippen LogP contribution in [0.3, 0.4) is 0 Å². The topological polar surface area (TPSA) is 261 Å². The lowest BCUT2D eigenvalue weighted by molar-refractivity contribution is -0.143. The molecule has 10 N–H and O–H groups in total. The number of fused-ring (bicyclic) bond motifs is 1. The second-order valence-corrected chi connectivity index (χ2v) is 8.40. The third kappa shape index (κ3) is 8.56. The molecule has 0 saturated heterocycles. The first-order valence-corrected chi connectivity index (χ1v) is 11.4. The lowest BCUT2D eigenvalue weighted by Crippen LogP contribution is -2.58. The molecule has 15 nitrogen and oxygen atoms in total. The number of carboxylic acids is 3. The molecule has 2 rings (SSSR count). The Bertz CT molecular complexity index is 1200. The minimum atomic E-state index is -1.72. The minimum absolute atomic E-state index is 0.137. The van der Waals surface area contributed by atoms with E-state index >= 15 is 0 Å². The van der Waals surface area contributed by atoms with Gasteiger partial charge in [-0.15, -0.1) is 0 Å². The third-order valence-corrected chi connectivity index (χ3v) is 5.54. The maximum absolute atomic E-state index is 13.0. The number of carboxylic acid groups (broad SMARTS) is 3. The summed E-state index contributed by atoms with van der Waals surface area (Å²) in [6, 6.07) is 0.871. The number of aliphatic hydroxyl groups excluding tert-OH is 1. The van der Waals surface area contributed by atoms with Gasteiger partial charge in [-0.25, -0.2) is 4.79 Å². The molecule has 1 heterocycles. The average Bonchev–Trinajstić information content (AvgIpc) is 3.27. The highest BCUT2D eigenvalue weighted by Gasteiger charge is 2.32. The SMILES string of the molecule is NC(CO)C(=O)NC(CC(=O)O)C(=O)NC(CCC(=O)O)C(=O)NC(Cc1c[nH]c2ccccc12)C(=O)O. The van der Waals surface area contributed by atoms with Crippen molar-refractivity contribution in [3.8, 4) is 0 Å². The number of aliphatic hydroxyl groups is 1. The van der Waals surface area contributed by atoms with Gasteiger partial charge >= 0.3 is 17.9 Å². The number of H-pyrrole nitrogens is 1. The molecular weight excluding hydrogens is 506 g/mol. The Kier molecular flexibility index (Phi) is 10.7. The van der Waals surface area contributed by atoms with Crippen LogP contribution in [0.15, 0.2) is 30.5 Å². The zero-order valence-corrected chi connectivity index (χ0v) is 20.0. The number of nitrogens with one attached hydrogen (secondary N) is 4. The molecule has 0 radical (unpaired) electrons. The first-order chi connectivity index (χ1) is 17.9. The van der Waals surface area contributed by atoms with Crippen LogP contribution in [0.25, 0.3) is 10.9 Å². The van der Waals surface area contributed by atoms with Gasteiger partial charge in [-0.3, -0.25) is 24.0 Å². The summed E-state index contributed by atoms with van der Waals surface area (Å²) in [4.78, 5) is 74.9. The lowest BCUT2D eigenvalue weighted by Gasteiger charge is -2.24. The predicted octanol–water partition coefficient (Wildman–Crippen LogP) is -2.09. The second kappa shape index (κ2) is 13.7. The summed E-state index contributed by atoms with van der Waals surface area (Å²) in [5, 5.41) is 44.1. The summed E-state index contributed by atoms with van der Waals surface area (Å²) >= 11 is 0. The van der Waals surface area contributed by atoms with E-state index in [0.29, 0.717) is 5.56 Å². The number of nitrogens with two attached hydrogens (primary N) is 1. The monoisotopic (exact) mass is 535 g/mol. The minimum Gasteiger partial charge on any atom is -0.481 e. The Balaban J connectivity index is 2.21. The van der Waals surface area contributed by atoms with E-state index in [1.807, 2.05) is 0 Å². The molecular formula is C23H29N5O10. The molecule has 1 aromatic carbocycles. The summed E-state index contributed by atoms with van der Waals surface area (Å²) in [5.74, 6) is -7.40. The molecule has 0 fully saturated rings. The van der Waals surface area contributed by atoms with Crippen LogP contribution in [0, 0.1) is 0 Å². The van der Waals surface area contributed by atoms with Crippen molar-refractivity contribution >= 4 is 46.5 Å². The van der Waals surface area contributed by atoms with Gasteiger partial charge in [0, 0.05) is 29.9 Å². The Morgan fingerprint density at radius 3 is 2.05 bits per heavy atom. The zero-order valence-electron chi connectivity index (χ0n) is 20.0. The molecule has 2 aromatic rings. The Morgan fingerprint density at radius 1 is 0.842 bits per heavy atom. The fraction of sp³-hybridized carbons (Fsp3) is 0.391. The molecule has 4 atom stereocenters. The summed E-state index contributed by atoms with van der Waals surface area (Å²) in [7, 11) is 0. The van der Waals surface area contributed by atoms with Gasteiger partial charge in [0.1, 0.15) is 24.2 Å². The molecule has 38 heavy (non-hydrogen) atoms. The van der Waals surface area contributed by atoms with Crippen molar-refractivity contribution in [2.45, 2.75) is 49.9 Å². The summed E-state index contributed by atoms with van der Waals surface area (Å²) in [5.41, 5.74) is 6.71. The van der Waals surface area contributed by atoms with Crippen LogP contribution in [0.4, 0.5) is 0 Å². The quantitative estimate of drug-likeness (QED) is 0.119. The van der Waals surface area contributed by atoms with E-state index in [1.165, 1.54) is 0 Å². The maximum Gasteiger partial charge on any atom is 0.326 e. The van der Waals surface area contributed by atoms with Gasteiger partial charge < -0.3 is 47.1 Å². The first kappa shape index (κ1) is 29.7. The van der Waals surface area contributed by atoms with Crippen molar-refractivity contribution in [1.29, 1.82) is 0 Å². The van der Waals surface area contributed by atoms with Gasteiger partial charge in [-0.1, -0.05) is 18.2 Å². The largest absolute Gasteiger partial charge is 0.481 e. The summed E-state index contributed by atoms with van der Waals surface area (Å²) < 4.78 is 0. The van der Waals surface area contributed by atoms with Gasteiger partial charge in [0.05, 0.1) is 13.0 Å². The number of hydrogen-bond acceptors (Lipinski definition) is 8. The molecule has 4 unspecified atom stereocenters. The van der Waals surface area contributed by atoms with Crippen molar-refractivity contribution in [2.75, 3.05) is 6.61 Å². The average molecular weight is 536 g/mol. The van der Waals surface area contributed by atoms with E-state index in [4.69, 9.17) is 21.1 Å². The van der Waals surface area contributed by atoms with Crippen LogP contribution in [0.5, 0.6) is 0 Å². The molecule has 1 aromatic heterocycles. The van der Waals surface area contributed by atoms with Crippen LogP contribution < -0.4 is 21.7 Å². The smallest absolute Gasteiger partial charge is 0.326 e. The Labute approximate surface area is 215 Å². The molecule has 206 valence electrons. The van der Waals surface area contributed by atoms with E-state index in [2.05, 4.69) is 20.9 Å². The van der Waals surface area contributed by atoms with Crippen LogP contribution in [0.1, 0.15) is 24.8 Å². The van der Waals surface area contributed by atoms with Gasteiger partial charge in [-0.2, -0.15) is 0 Å². The molecule has 0 aliphatic rings. The van der Waals surface area contributed by atoms with Crippen LogP contribution in [-0.2, 0) is 35.2 Å². The molecule has 0 spiro atoms. The van der Waals surface area contributed by atoms with Gasteiger partial charge in [0.15, 0.2) is 0 Å². The van der Waals surface area contributed by atoms with Crippen molar-refractivity contribution in [2.24, 2.45) is 5.73 Å². The predicted molar refractivity (Wildman–Crippen MR) is 130 cm³/mol. The van der Waals surface area contributed by atoms with Crippen LogP contribution in [-0.4, -0.2) is 91.8 Å². The van der Waals surface area contributed by atoms with Crippen molar-refractivity contribution < 1.29 is 49.2 Å². The lowest BCUT2D eigenvalue weighted by atomic mass is 10.0. The number of amides is 3. The fourth-order valence-corrected chi connectivity index (χ4v) is 3.55. The molecule has 15 heteroatoms. The summed E-state index contributed by atoms with van der Waals surface area (Å²) in [6.45, 7) is -0.788. The van der Waals surface area contributed by atoms with Crippen molar-refractivity contribution in [3.63, 3.8) is 0 Å². The molecule has 0 aliphatic heterocycles. The number of carbonyl (C=O) groups excluding carboxylic acids is 3. The van der Waals surface area contributed by atoms with Gasteiger partial charge in [-0.05, 0) is 18.1 Å². The standard InChI is InChI=1S/C23H29N5O10/c24-13(10-29)20(34)27-16(8-19(32)33)22(36)26-15(5-6-18(30)31)21(35)28-17(23(37)38)7-11-9-25-14-4-2-1-3-12(11)14/h1-4,9,13,15-17,25,29H,5-8,10,24H2,(H,26,36)(H,27,34)(H,28,35)(H,30,31)(H,32,33)(H,37,38).